The van der Waals surface area contributed by atoms with Crippen LogP contribution in [0.1, 0.15) is 23.6 Å². The average Bonchev–Trinajstić information content (AvgIpc) is 1.71. The van der Waals surface area contributed by atoms with E-state index in [1.165, 1.54) is 12.4 Å². The molecule has 30 heteroatoms. The fourth-order valence-electron chi connectivity index (χ4n) is 13.0. The topological polar surface area (TPSA) is 340 Å². The van der Waals surface area contributed by atoms with E-state index in [-0.39, 0.29) is 37.0 Å². The lowest BCUT2D eigenvalue weighted by molar-refractivity contribution is -0.153. The second kappa shape index (κ2) is 31.9. The summed E-state index contributed by atoms with van der Waals surface area (Å²) in [7, 11) is 0. The highest BCUT2D eigenvalue weighted by Gasteiger charge is 2.39. The number of aliphatic hydroxyl groups is 2. The van der Waals surface area contributed by atoms with Crippen LogP contribution < -0.4 is 34.2 Å². The maximum absolute atomic E-state index is 11.7. The van der Waals surface area contributed by atoms with Crippen molar-refractivity contribution in [1.82, 2.24) is 63.8 Å². The van der Waals surface area contributed by atoms with Crippen molar-refractivity contribution < 1.29 is 53.0 Å². The third kappa shape index (κ3) is 15.7. The van der Waals surface area contributed by atoms with Crippen molar-refractivity contribution in [2.24, 2.45) is 5.41 Å². The number of terminal acetylenes is 3. The smallest absolute Gasteiger partial charge is 0.298 e. The molecule has 105 heavy (non-hydrogen) atoms. The van der Waals surface area contributed by atoms with Gasteiger partial charge in [-0.15, -0.1) is 19.3 Å². The van der Waals surface area contributed by atoms with Crippen LogP contribution in [0, 0.1) is 76.4 Å². The summed E-state index contributed by atoms with van der Waals surface area (Å²) in [4.78, 5) is 60.4. The number of rotatable bonds is 15. The average molecular weight is 1420 g/mol. The number of amides is 3. The van der Waals surface area contributed by atoms with Gasteiger partial charge < -0.3 is 73.4 Å². The Kier molecular flexibility index (Phi) is 21.6. The molecule has 0 saturated carbocycles. The molecule has 6 fully saturated rings. The van der Waals surface area contributed by atoms with Gasteiger partial charge in [-0.1, -0.05) is 0 Å². The van der Waals surface area contributed by atoms with Crippen LogP contribution in [0.5, 0.6) is 17.2 Å². The number of piperazine rings is 3. The summed E-state index contributed by atoms with van der Waals surface area (Å²) in [6, 6.07) is 24.2. The molecule has 0 unspecified atom stereocenters. The van der Waals surface area contributed by atoms with Gasteiger partial charge in [-0.2, -0.15) is 31.1 Å². The maximum atomic E-state index is 11.7. The quantitative estimate of drug-likeness (QED) is 0.124. The predicted molar refractivity (Wildman–Crippen MR) is 382 cm³/mol. The minimum Gasteiger partial charge on any atom is -0.491 e. The molecule has 0 spiro atoms. The highest BCUT2D eigenvalue weighted by molar-refractivity contribution is 5.94. The Labute approximate surface area is 604 Å². The van der Waals surface area contributed by atoms with Gasteiger partial charge in [-0.3, -0.25) is 14.4 Å². The number of nitrogens with zero attached hydrogens (tertiary/aromatic N) is 18. The molecular weight excluding hydrogens is 1340 g/mol. The van der Waals surface area contributed by atoms with Crippen LogP contribution in [-0.2, 0) is 28.6 Å². The van der Waals surface area contributed by atoms with E-state index in [1.807, 2.05) is 54.6 Å². The van der Waals surface area contributed by atoms with Crippen LogP contribution in [0.4, 0.5) is 17.5 Å². The molecule has 0 aromatic carbocycles. The number of hydrogen-bond acceptors (Lipinski definition) is 24. The van der Waals surface area contributed by atoms with Gasteiger partial charge >= 0.3 is 0 Å². The minimum absolute atomic E-state index is 0.0149. The zero-order chi connectivity index (χ0) is 73.1. The molecule has 9 aromatic rings. The van der Waals surface area contributed by atoms with E-state index in [1.54, 1.807) is 71.6 Å². The van der Waals surface area contributed by atoms with Crippen LogP contribution in [0.15, 0.2) is 110 Å². The largest absolute Gasteiger partial charge is 0.491 e. The van der Waals surface area contributed by atoms with Crippen molar-refractivity contribution in [3.05, 3.63) is 127 Å². The Balaban J connectivity index is 0.000000140. The molecule has 3 amide bonds. The summed E-state index contributed by atoms with van der Waals surface area (Å²) in [5.41, 5.74) is 7.74. The molecule has 15 heterocycles. The maximum Gasteiger partial charge on any atom is 0.298 e. The number of ether oxygens (including phenoxy) is 6. The fraction of sp³-hybridized carbons (Fsp3) is 0.360. The van der Waals surface area contributed by atoms with Crippen LogP contribution in [0.3, 0.4) is 0 Å². The second-order valence-electron chi connectivity index (χ2n) is 25.9. The lowest BCUT2D eigenvalue weighted by Gasteiger charge is -2.39. The first kappa shape index (κ1) is 71.1. The number of nitrogens with one attached hydrogen (secondary N) is 1. The van der Waals surface area contributed by atoms with Crippen LogP contribution >= 0.6 is 0 Å². The number of anilines is 3. The second-order valence-corrected chi connectivity index (χ2v) is 25.9. The first-order valence-corrected chi connectivity index (χ1v) is 34.1. The Hall–Kier alpha value is -12.4. The molecule has 0 aliphatic carbocycles. The van der Waals surface area contributed by atoms with E-state index < -0.39 is 17.6 Å². The fourth-order valence-corrected chi connectivity index (χ4v) is 13.0. The van der Waals surface area contributed by atoms with Gasteiger partial charge in [-0.25, -0.2) is 28.5 Å². The zero-order valence-electron chi connectivity index (χ0n) is 57.4. The first-order valence-electron chi connectivity index (χ1n) is 34.1. The molecule has 4 atom stereocenters. The molecular formula is C75H73N19O11. The standard InChI is InChI=1S/C26H27N7O3.C25H24N6O4.C24H22N6O4/c1-3-25(34)32-8-6-31(7-9-32)24-5-4-19(12-29-24)23-10-21(15-33-26(23)20(11-27)13-30-33)36-17-22-14-28-18(2)16-35-22;1-2-23(33)30-7-5-29(6-8-30)22-4-3-18(11-27-22)21-9-20(35-17-25(14-32)15-34-16-25)13-31-24(21)19(10-26)12-28-31;1-2-23(32)29-7-5-28(6-8-29)22-4-3-16(11-26-22)19-9-18(34-21-15-33-14-20(21)31)13-30-24(19)17(10-25)12-27-30/h1,4-5,10,12-13,15,18,22,28H,6-9,14,16-17H2,2H3;1,3-4,9,11-13,32H,5-8,14-17H2;1,3-4,9,11-13,20-21,31H,5-8,14-15H2/t18-,22+;;20-,21-/m1.0/s1. The summed E-state index contributed by atoms with van der Waals surface area (Å²) in [6.07, 6.45) is 29.5. The number of carbonyl (C=O) groups is 3. The summed E-state index contributed by atoms with van der Waals surface area (Å²) in [6.45, 7) is 12.8. The number of morpholine rings is 1. The Morgan fingerprint density at radius 3 is 1.30 bits per heavy atom. The third-order valence-corrected chi connectivity index (χ3v) is 19.0. The van der Waals surface area contributed by atoms with E-state index in [0.29, 0.717) is 175 Å². The van der Waals surface area contributed by atoms with E-state index in [9.17, 15) is 40.4 Å². The van der Waals surface area contributed by atoms with Crippen molar-refractivity contribution in [3.63, 3.8) is 0 Å². The lowest BCUT2D eigenvalue weighted by atomic mass is 9.88. The molecule has 3 N–H and O–H groups in total. The Morgan fingerprint density at radius 1 is 0.562 bits per heavy atom. The summed E-state index contributed by atoms with van der Waals surface area (Å²) in [5, 5.41) is 64.9. The Bertz CT molecular complexity index is 4920. The van der Waals surface area contributed by atoms with Crippen LogP contribution in [0.2, 0.25) is 0 Å². The number of carbonyl (C=O) groups excluding carboxylic acids is 3. The molecule has 30 nitrogen and oxygen atoms in total. The zero-order valence-corrected chi connectivity index (χ0v) is 57.4. The lowest BCUT2D eigenvalue weighted by Crippen LogP contribution is -2.49. The summed E-state index contributed by atoms with van der Waals surface area (Å²) < 4.78 is 39.3. The number of aliphatic hydroxyl groups excluding tert-OH is 2. The SMILES string of the molecule is C#CC(=O)N1CCN(c2ccc(-c3cc(OCC4(CO)COC4)cn4ncc(C#N)c34)cn2)CC1.C#CC(=O)N1CCN(c2ccc(-c3cc(OC[C@@H]4CN[C@H](C)CO4)cn4ncc(C#N)c34)cn2)CC1.C#CC(=O)N1CCN(c2ccc(-c3cc(O[C@H]4COC[C@@H]4O)cn4ncc(C#N)c34)cn2)CC1. The third-order valence-electron chi connectivity index (χ3n) is 19.0. The summed E-state index contributed by atoms with van der Waals surface area (Å²) in [5.74, 6) is 9.75. The van der Waals surface area contributed by atoms with E-state index in [0.717, 1.165) is 57.4 Å². The molecule has 6 saturated heterocycles. The summed E-state index contributed by atoms with van der Waals surface area (Å²) >= 11 is 0. The van der Waals surface area contributed by atoms with Gasteiger partial charge in [0.2, 0.25) is 0 Å². The molecule has 6 aliphatic rings. The number of fused-ring (bicyclic) bond motifs is 3. The predicted octanol–water partition coefficient (Wildman–Crippen LogP) is 2.93. The minimum atomic E-state index is -0.705. The van der Waals surface area contributed by atoms with Crippen molar-refractivity contribution in [1.29, 1.82) is 15.8 Å². The number of aromatic nitrogens is 9. The number of pyridine rings is 6. The molecule has 15 rings (SSSR count). The van der Waals surface area contributed by atoms with Gasteiger partial charge in [0.1, 0.15) is 84.4 Å². The van der Waals surface area contributed by atoms with Crippen LogP contribution in [0.25, 0.3) is 49.9 Å². The molecule has 534 valence electrons. The van der Waals surface area contributed by atoms with Gasteiger partial charge in [0.25, 0.3) is 17.7 Å². The molecule has 0 radical (unpaired) electrons. The van der Waals surface area contributed by atoms with Crippen molar-refractivity contribution in [2.45, 2.75) is 31.3 Å². The normalized spacial score (nSPS) is 19.1. The van der Waals surface area contributed by atoms with Crippen molar-refractivity contribution in [2.75, 3.05) is 153 Å². The van der Waals surface area contributed by atoms with Crippen LogP contribution in [-0.4, -0.2) is 249 Å². The first-order chi connectivity index (χ1) is 51.2. The highest BCUT2D eigenvalue weighted by Crippen LogP contribution is 2.37. The number of nitriles is 3. The Morgan fingerprint density at radius 2 is 0.971 bits per heavy atom. The molecule has 6 aliphatic heterocycles. The van der Waals surface area contributed by atoms with E-state index in [4.69, 9.17) is 47.7 Å². The van der Waals surface area contributed by atoms with E-state index >= 15 is 0 Å². The van der Waals surface area contributed by atoms with Crippen molar-refractivity contribution in [3.8, 4) is 106 Å². The van der Waals surface area contributed by atoms with E-state index in [2.05, 4.69) is 93.2 Å². The molecule has 9 aromatic heterocycles. The monoisotopic (exact) mass is 1420 g/mol. The van der Waals surface area contributed by atoms with Gasteiger partial charge in [-0.05, 0) is 79.3 Å². The highest BCUT2D eigenvalue weighted by atomic mass is 16.6. The number of hydrogen-bond donors (Lipinski definition) is 3. The van der Waals surface area contributed by atoms with Gasteiger partial charge in [0.05, 0.1) is 115 Å². The molecule has 0 bridgehead atoms. The van der Waals surface area contributed by atoms with Gasteiger partial charge in [0, 0.05) is 143 Å². The van der Waals surface area contributed by atoms with Gasteiger partial charge in [0.15, 0.2) is 0 Å². The van der Waals surface area contributed by atoms with Crippen molar-refractivity contribution >= 4 is 51.7 Å².